The van der Waals surface area contributed by atoms with E-state index in [4.69, 9.17) is 5.26 Å². The van der Waals surface area contributed by atoms with Crippen molar-refractivity contribution in [1.29, 1.82) is 5.26 Å². The van der Waals surface area contributed by atoms with Crippen molar-refractivity contribution in [1.82, 2.24) is 10.2 Å². The Labute approximate surface area is 88.7 Å². The van der Waals surface area contributed by atoms with Gasteiger partial charge in [0.05, 0.1) is 6.07 Å². The highest BCUT2D eigenvalue weighted by Gasteiger charge is 2.18. The summed E-state index contributed by atoms with van der Waals surface area (Å²) in [6.07, 6.45) is 2.59. The third-order valence-corrected chi connectivity index (χ3v) is 1.49. The molecule has 0 spiro atoms. The minimum absolute atomic E-state index is 0.0868. The van der Waals surface area contributed by atoms with E-state index in [1.807, 2.05) is 0 Å². The van der Waals surface area contributed by atoms with Gasteiger partial charge < -0.3 is 5.32 Å². The Morgan fingerprint density at radius 1 is 1.40 bits per heavy atom. The van der Waals surface area contributed by atoms with Crippen molar-refractivity contribution in [2.24, 2.45) is 0 Å². The fourth-order valence-corrected chi connectivity index (χ4v) is 0.845. The molecule has 0 aromatic heterocycles. The van der Waals surface area contributed by atoms with Gasteiger partial charge in [-0.2, -0.15) is 5.26 Å². The number of nitrogens with zero attached hydrogens (tertiary/aromatic N) is 2. The van der Waals surface area contributed by atoms with Gasteiger partial charge in [-0.15, -0.1) is 13.2 Å². The first kappa shape index (κ1) is 12.9. The highest BCUT2D eigenvalue weighted by atomic mass is 16.2. The third-order valence-electron chi connectivity index (χ3n) is 1.49. The maximum atomic E-state index is 11.4. The molecule has 0 saturated heterocycles. The highest BCUT2D eigenvalue weighted by molar-refractivity contribution is 5.95. The normalized spacial score (nSPS) is 8.47. The van der Waals surface area contributed by atoms with Crippen LogP contribution in [0, 0.1) is 11.3 Å². The lowest BCUT2D eigenvalue weighted by Crippen LogP contribution is -2.43. The van der Waals surface area contributed by atoms with Gasteiger partial charge in [-0.3, -0.25) is 9.69 Å². The first-order valence-electron chi connectivity index (χ1n) is 4.34. The first-order valence-corrected chi connectivity index (χ1v) is 4.34. The number of hydrogen-bond donors (Lipinski definition) is 1. The summed E-state index contributed by atoms with van der Waals surface area (Å²) in [4.78, 5) is 23.6. The molecule has 1 N–H and O–H groups in total. The number of rotatable bonds is 5. The monoisotopic (exact) mass is 207 g/mol. The first-order chi connectivity index (χ1) is 7.17. The molecule has 0 heterocycles. The van der Waals surface area contributed by atoms with Crippen LogP contribution in [-0.2, 0) is 4.79 Å². The second kappa shape index (κ2) is 7.33. The molecule has 0 aliphatic rings. The molecular weight excluding hydrogens is 194 g/mol. The lowest BCUT2D eigenvalue weighted by Gasteiger charge is -2.17. The topological polar surface area (TPSA) is 73.2 Å². The fourth-order valence-electron chi connectivity index (χ4n) is 0.845. The molecule has 0 bridgehead atoms. The Balaban J connectivity index is 4.43. The number of hydrogen-bond acceptors (Lipinski definition) is 3. The van der Waals surface area contributed by atoms with Crippen LogP contribution >= 0.6 is 0 Å². The summed E-state index contributed by atoms with van der Waals surface area (Å²) in [6, 6.07) is 1.15. The molecule has 0 aromatic carbocycles. The number of urea groups is 1. The second-order valence-electron chi connectivity index (χ2n) is 2.60. The summed E-state index contributed by atoms with van der Waals surface area (Å²) in [7, 11) is 0. The van der Waals surface area contributed by atoms with Gasteiger partial charge in [0.2, 0.25) is 5.91 Å². The van der Waals surface area contributed by atoms with Crippen molar-refractivity contribution in [3.05, 3.63) is 25.3 Å². The number of nitriles is 1. The molecule has 0 atom stereocenters. The molecule has 15 heavy (non-hydrogen) atoms. The van der Waals surface area contributed by atoms with Crippen LogP contribution in [0.2, 0.25) is 0 Å². The van der Waals surface area contributed by atoms with Crippen LogP contribution in [0.5, 0.6) is 0 Å². The number of carbonyl (C=O) groups is 2. The minimum Gasteiger partial charge on any atom is -0.334 e. The van der Waals surface area contributed by atoms with Crippen LogP contribution in [0.25, 0.3) is 0 Å². The Kier molecular flexibility index (Phi) is 6.31. The molecule has 0 unspecified atom stereocenters. The zero-order chi connectivity index (χ0) is 11.7. The molecule has 3 amide bonds. The Bertz CT molecular complexity index is 304. The van der Waals surface area contributed by atoms with Crippen LogP contribution in [0.4, 0.5) is 4.79 Å². The van der Waals surface area contributed by atoms with Crippen molar-refractivity contribution >= 4 is 11.9 Å². The van der Waals surface area contributed by atoms with Crippen molar-refractivity contribution < 1.29 is 9.59 Å². The summed E-state index contributed by atoms with van der Waals surface area (Å²) in [5, 5.41) is 10.8. The van der Waals surface area contributed by atoms with Crippen LogP contribution in [0.3, 0.4) is 0 Å². The molecule has 0 fully saturated rings. The molecular formula is C10H13N3O2. The van der Waals surface area contributed by atoms with E-state index in [2.05, 4.69) is 18.5 Å². The van der Waals surface area contributed by atoms with Gasteiger partial charge in [0, 0.05) is 13.1 Å². The van der Waals surface area contributed by atoms with E-state index in [-0.39, 0.29) is 19.5 Å². The summed E-state index contributed by atoms with van der Waals surface area (Å²) >= 11 is 0. The fraction of sp³-hybridized carbons (Fsp3) is 0.300. The van der Waals surface area contributed by atoms with E-state index >= 15 is 0 Å². The molecule has 0 aliphatic carbocycles. The quantitative estimate of drug-likeness (QED) is 0.678. The summed E-state index contributed by atoms with van der Waals surface area (Å²) in [5.74, 6) is -0.543. The number of nitrogens with one attached hydrogen (secondary N) is 1. The van der Waals surface area contributed by atoms with Gasteiger partial charge in [0.25, 0.3) is 0 Å². The van der Waals surface area contributed by atoms with Gasteiger partial charge in [0.1, 0.15) is 6.42 Å². The largest absolute Gasteiger partial charge is 0.334 e. The summed E-state index contributed by atoms with van der Waals surface area (Å²) < 4.78 is 0. The summed E-state index contributed by atoms with van der Waals surface area (Å²) in [5.41, 5.74) is 0. The zero-order valence-corrected chi connectivity index (χ0v) is 8.40. The van der Waals surface area contributed by atoms with Gasteiger partial charge in [-0.05, 0) is 0 Å². The number of amides is 3. The van der Waals surface area contributed by atoms with E-state index in [0.717, 1.165) is 4.90 Å². The molecule has 0 radical (unpaired) electrons. The van der Waals surface area contributed by atoms with Crippen molar-refractivity contribution in [3.63, 3.8) is 0 Å². The van der Waals surface area contributed by atoms with E-state index in [9.17, 15) is 9.59 Å². The van der Waals surface area contributed by atoms with Gasteiger partial charge in [-0.25, -0.2) is 4.79 Å². The molecule has 80 valence electrons. The Hall–Kier alpha value is -2.09. The SMILES string of the molecule is C=CCNC(=O)N(CC=C)C(=O)CC#N. The van der Waals surface area contributed by atoms with Crippen molar-refractivity contribution in [3.8, 4) is 6.07 Å². The van der Waals surface area contributed by atoms with Crippen molar-refractivity contribution in [2.45, 2.75) is 6.42 Å². The van der Waals surface area contributed by atoms with E-state index < -0.39 is 11.9 Å². The minimum atomic E-state index is -0.546. The molecule has 5 heteroatoms. The Morgan fingerprint density at radius 3 is 2.53 bits per heavy atom. The third kappa shape index (κ3) is 4.62. The van der Waals surface area contributed by atoms with Gasteiger partial charge in [0.15, 0.2) is 0 Å². The van der Waals surface area contributed by atoms with Gasteiger partial charge in [-0.1, -0.05) is 12.2 Å². The number of imide groups is 1. The highest BCUT2D eigenvalue weighted by Crippen LogP contribution is 1.95. The standard InChI is InChI=1S/C10H13N3O2/c1-3-7-12-10(15)13(8-4-2)9(14)5-6-11/h3-4H,1-2,5,7-8H2,(H,12,15). The van der Waals surface area contributed by atoms with Gasteiger partial charge >= 0.3 is 6.03 Å². The molecule has 0 aliphatic heterocycles. The maximum absolute atomic E-state index is 11.4. The lowest BCUT2D eigenvalue weighted by molar-refractivity contribution is -0.126. The average molecular weight is 207 g/mol. The average Bonchev–Trinajstić information content (AvgIpc) is 2.22. The summed E-state index contributed by atoms with van der Waals surface area (Å²) in [6.45, 7) is 7.21. The lowest BCUT2D eigenvalue weighted by atomic mass is 10.4. The predicted molar refractivity (Wildman–Crippen MR) is 55.7 cm³/mol. The van der Waals surface area contributed by atoms with Crippen LogP contribution in [0.15, 0.2) is 25.3 Å². The Morgan fingerprint density at radius 2 is 2.07 bits per heavy atom. The predicted octanol–water partition coefficient (Wildman–Crippen LogP) is 0.810. The zero-order valence-electron chi connectivity index (χ0n) is 8.40. The van der Waals surface area contributed by atoms with Crippen LogP contribution < -0.4 is 5.32 Å². The molecule has 0 saturated carbocycles. The van der Waals surface area contributed by atoms with E-state index in [1.54, 1.807) is 6.07 Å². The smallest absolute Gasteiger partial charge is 0.324 e. The molecule has 0 aromatic rings. The van der Waals surface area contributed by atoms with Crippen LogP contribution in [-0.4, -0.2) is 29.9 Å². The van der Waals surface area contributed by atoms with Crippen molar-refractivity contribution in [2.75, 3.05) is 13.1 Å². The number of carbonyl (C=O) groups excluding carboxylic acids is 2. The molecule has 0 rings (SSSR count). The van der Waals surface area contributed by atoms with E-state index in [0.29, 0.717) is 0 Å². The molecule has 5 nitrogen and oxygen atoms in total. The van der Waals surface area contributed by atoms with E-state index in [1.165, 1.54) is 12.2 Å². The second-order valence-corrected chi connectivity index (χ2v) is 2.60. The van der Waals surface area contributed by atoms with Crippen LogP contribution in [0.1, 0.15) is 6.42 Å². The maximum Gasteiger partial charge on any atom is 0.324 e.